The monoisotopic (exact) mass is 349 g/mol. The molecule has 0 spiro atoms. The van der Waals surface area contributed by atoms with Crippen molar-refractivity contribution in [3.8, 4) is 0 Å². The Bertz CT molecular complexity index is 699. The summed E-state index contributed by atoms with van der Waals surface area (Å²) in [5.41, 5.74) is 0.0753. The van der Waals surface area contributed by atoms with Gasteiger partial charge in [0.2, 0.25) is 0 Å². The van der Waals surface area contributed by atoms with Crippen LogP contribution in [0.25, 0.3) is 0 Å². The fourth-order valence-electron chi connectivity index (χ4n) is 1.51. The highest BCUT2D eigenvalue weighted by Gasteiger charge is 2.19. The maximum Gasteiger partial charge on any atom is 0.337 e. The average Bonchev–Trinajstić information content (AvgIpc) is 2.70. The number of carbonyl (C=O) groups excluding carboxylic acids is 1. The maximum atomic E-state index is 12.1. The molecule has 0 saturated heterocycles. The first-order valence-corrected chi connectivity index (χ1v) is 7.13. The van der Waals surface area contributed by atoms with E-state index in [4.69, 9.17) is 39.9 Å². The molecule has 0 aliphatic rings. The van der Waals surface area contributed by atoms with E-state index in [1.54, 1.807) is 0 Å². The molecule has 4 nitrogen and oxygen atoms in total. The fraction of sp³-hybridized carbons (Fsp3) is 0. The van der Waals surface area contributed by atoms with Crippen LogP contribution in [0.2, 0.25) is 13.7 Å². The number of carbonyl (C=O) groups is 2. The molecule has 104 valence electrons. The van der Waals surface area contributed by atoms with E-state index < -0.39 is 11.9 Å². The highest BCUT2D eigenvalue weighted by atomic mass is 35.5. The lowest BCUT2D eigenvalue weighted by molar-refractivity contribution is 0.0698. The van der Waals surface area contributed by atoms with Gasteiger partial charge in [-0.25, -0.2) is 4.79 Å². The third kappa shape index (κ3) is 3.07. The molecule has 0 aliphatic carbocycles. The van der Waals surface area contributed by atoms with Gasteiger partial charge in [-0.3, -0.25) is 4.79 Å². The van der Waals surface area contributed by atoms with E-state index in [-0.39, 0.29) is 26.2 Å². The normalized spacial score (nSPS) is 10.3. The standard InChI is InChI=1S/C12H6Cl3NO3S/c13-7-3-1-2-5(12(18)19)9(7)16-11(17)6-4-8(14)20-10(6)15/h1-4H,(H,16,17)(H,18,19). The van der Waals surface area contributed by atoms with Crippen molar-refractivity contribution in [2.45, 2.75) is 0 Å². The lowest BCUT2D eigenvalue weighted by Crippen LogP contribution is -2.15. The van der Waals surface area contributed by atoms with E-state index in [0.29, 0.717) is 4.34 Å². The zero-order chi connectivity index (χ0) is 14.9. The number of halogens is 3. The first kappa shape index (κ1) is 15.1. The third-order valence-electron chi connectivity index (χ3n) is 2.38. The van der Waals surface area contributed by atoms with Crippen LogP contribution in [0.5, 0.6) is 0 Å². The van der Waals surface area contributed by atoms with Crippen molar-refractivity contribution in [3.05, 3.63) is 49.1 Å². The van der Waals surface area contributed by atoms with Gasteiger partial charge in [-0.05, 0) is 18.2 Å². The molecule has 1 aromatic heterocycles. The SMILES string of the molecule is O=C(Nc1c(Cl)cccc1C(=O)O)c1cc(Cl)sc1Cl. The molecule has 0 atom stereocenters. The smallest absolute Gasteiger partial charge is 0.337 e. The predicted octanol–water partition coefficient (Wildman–Crippen LogP) is 4.66. The summed E-state index contributed by atoms with van der Waals surface area (Å²) in [4.78, 5) is 23.2. The predicted molar refractivity (Wildman–Crippen MR) is 80.7 cm³/mol. The van der Waals surface area contributed by atoms with Crippen molar-refractivity contribution in [2.24, 2.45) is 0 Å². The molecule has 0 fully saturated rings. The summed E-state index contributed by atoms with van der Waals surface area (Å²) >= 11 is 18.6. The van der Waals surface area contributed by atoms with Crippen LogP contribution < -0.4 is 5.32 Å². The number of thiophene rings is 1. The number of carboxylic acids is 1. The number of aromatic carboxylic acids is 1. The van der Waals surface area contributed by atoms with Gasteiger partial charge in [0, 0.05) is 0 Å². The van der Waals surface area contributed by atoms with Gasteiger partial charge in [-0.2, -0.15) is 0 Å². The lowest BCUT2D eigenvalue weighted by Gasteiger charge is -2.09. The number of nitrogens with one attached hydrogen (secondary N) is 1. The fourth-order valence-corrected chi connectivity index (χ4v) is 3.19. The number of hydrogen-bond donors (Lipinski definition) is 2. The highest BCUT2D eigenvalue weighted by Crippen LogP contribution is 2.33. The summed E-state index contributed by atoms with van der Waals surface area (Å²) < 4.78 is 0.578. The number of hydrogen-bond acceptors (Lipinski definition) is 3. The molecule has 20 heavy (non-hydrogen) atoms. The highest BCUT2D eigenvalue weighted by molar-refractivity contribution is 7.20. The summed E-state index contributed by atoms with van der Waals surface area (Å²) in [6.07, 6.45) is 0. The van der Waals surface area contributed by atoms with Gasteiger partial charge in [-0.1, -0.05) is 40.9 Å². The zero-order valence-electron chi connectivity index (χ0n) is 9.62. The molecule has 1 amide bonds. The summed E-state index contributed by atoms with van der Waals surface area (Å²) in [5.74, 6) is -1.77. The molecule has 0 saturated carbocycles. The first-order valence-electron chi connectivity index (χ1n) is 5.18. The first-order chi connectivity index (χ1) is 9.40. The Morgan fingerprint density at radius 3 is 2.40 bits per heavy atom. The molecule has 1 heterocycles. The maximum absolute atomic E-state index is 12.1. The van der Waals surface area contributed by atoms with Crippen molar-refractivity contribution < 1.29 is 14.7 Å². The van der Waals surface area contributed by atoms with E-state index in [1.807, 2.05) is 0 Å². The van der Waals surface area contributed by atoms with Gasteiger partial charge in [-0.15, -0.1) is 11.3 Å². The Hall–Kier alpha value is -1.27. The van der Waals surface area contributed by atoms with Crippen molar-refractivity contribution >= 4 is 63.7 Å². The van der Waals surface area contributed by atoms with Gasteiger partial charge < -0.3 is 10.4 Å². The second kappa shape index (κ2) is 6.01. The van der Waals surface area contributed by atoms with Crippen LogP contribution in [0.3, 0.4) is 0 Å². The number of carboxylic acid groups (broad SMARTS) is 1. The quantitative estimate of drug-likeness (QED) is 0.846. The van der Waals surface area contributed by atoms with Crippen molar-refractivity contribution in [3.63, 3.8) is 0 Å². The van der Waals surface area contributed by atoms with Gasteiger partial charge in [0.15, 0.2) is 0 Å². The van der Waals surface area contributed by atoms with Gasteiger partial charge in [0.1, 0.15) is 4.34 Å². The van der Waals surface area contributed by atoms with Crippen LogP contribution in [0.4, 0.5) is 5.69 Å². The van der Waals surface area contributed by atoms with Crippen molar-refractivity contribution in [2.75, 3.05) is 5.32 Å². The summed E-state index contributed by atoms with van der Waals surface area (Å²) in [7, 11) is 0. The molecular weight excluding hydrogens is 345 g/mol. The Labute approximate surface area is 132 Å². The minimum atomic E-state index is -1.20. The molecule has 2 rings (SSSR count). The largest absolute Gasteiger partial charge is 0.478 e. The molecule has 0 radical (unpaired) electrons. The van der Waals surface area contributed by atoms with Crippen LogP contribution in [-0.2, 0) is 0 Å². The number of amides is 1. The molecule has 0 aliphatic heterocycles. The molecule has 2 N–H and O–H groups in total. The minimum Gasteiger partial charge on any atom is -0.478 e. The molecular formula is C12H6Cl3NO3S. The van der Waals surface area contributed by atoms with Crippen LogP contribution in [0.1, 0.15) is 20.7 Å². The van der Waals surface area contributed by atoms with Crippen LogP contribution in [0.15, 0.2) is 24.3 Å². The molecule has 1 aromatic carbocycles. The summed E-state index contributed by atoms with van der Waals surface area (Å²) in [6, 6.07) is 5.70. The Morgan fingerprint density at radius 2 is 1.85 bits per heavy atom. The van der Waals surface area contributed by atoms with E-state index in [2.05, 4.69) is 5.32 Å². The van der Waals surface area contributed by atoms with Crippen molar-refractivity contribution in [1.82, 2.24) is 0 Å². The van der Waals surface area contributed by atoms with E-state index >= 15 is 0 Å². The van der Waals surface area contributed by atoms with Crippen molar-refractivity contribution in [1.29, 1.82) is 0 Å². The number of rotatable bonds is 3. The minimum absolute atomic E-state index is 0.0186. The second-order valence-corrected chi connectivity index (χ2v) is 6.35. The zero-order valence-corrected chi connectivity index (χ0v) is 12.7. The molecule has 8 heteroatoms. The van der Waals surface area contributed by atoms with E-state index in [9.17, 15) is 9.59 Å². The lowest BCUT2D eigenvalue weighted by atomic mass is 10.1. The topological polar surface area (TPSA) is 66.4 Å². The Kier molecular flexibility index (Phi) is 4.55. The van der Waals surface area contributed by atoms with E-state index in [1.165, 1.54) is 24.3 Å². The number of para-hydroxylation sites is 1. The van der Waals surface area contributed by atoms with Gasteiger partial charge in [0.25, 0.3) is 5.91 Å². The summed E-state index contributed by atoms with van der Waals surface area (Å²) in [6.45, 7) is 0. The van der Waals surface area contributed by atoms with Crippen LogP contribution in [0, 0.1) is 0 Å². The Morgan fingerprint density at radius 1 is 1.15 bits per heavy atom. The van der Waals surface area contributed by atoms with E-state index in [0.717, 1.165) is 11.3 Å². The number of benzene rings is 1. The van der Waals surface area contributed by atoms with Gasteiger partial charge in [0.05, 0.1) is 26.2 Å². The van der Waals surface area contributed by atoms with Crippen LogP contribution >= 0.6 is 46.1 Å². The Balaban J connectivity index is 2.37. The second-order valence-electron chi connectivity index (χ2n) is 3.66. The van der Waals surface area contributed by atoms with Gasteiger partial charge >= 0.3 is 5.97 Å². The number of anilines is 1. The summed E-state index contributed by atoms with van der Waals surface area (Å²) in [5, 5.41) is 11.6. The molecule has 2 aromatic rings. The third-order valence-corrected chi connectivity index (χ3v) is 4.19. The molecule has 0 unspecified atom stereocenters. The van der Waals surface area contributed by atoms with Crippen LogP contribution in [-0.4, -0.2) is 17.0 Å². The molecule has 0 bridgehead atoms. The average molecular weight is 351 g/mol.